The summed E-state index contributed by atoms with van der Waals surface area (Å²) in [5, 5.41) is 2.65. The van der Waals surface area contributed by atoms with Crippen LogP contribution in [0.4, 0.5) is 14.5 Å². The van der Waals surface area contributed by atoms with Crippen molar-refractivity contribution in [1.29, 1.82) is 0 Å². The molecule has 1 aromatic heterocycles. The van der Waals surface area contributed by atoms with Gasteiger partial charge in [0.25, 0.3) is 5.56 Å². The second kappa shape index (κ2) is 9.76. The van der Waals surface area contributed by atoms with Crippen molar-refractivity contribution in [3.63, 3.8) is 0 Å². The number of carbonyl (C=O) groups is 1. The smallest absolute Gasteiger partial charge is 0.266 e. The summed E-state index contributed by atoms with van der Waals surface area (Å²) in [7, 11) is 0. The van der Waals surface area contributed by atoms with E-state index in [-0.39, 0.29) is 22.1 Å². The number of thioether (sulfide) groups is 2. The van der Waals surface area contributed by atoms with Gasteiger partial charge in [-0.1, -0.05) is 36.0 Å². The Morgan fingerprint density at radius 2 is 1.79 bits per heavy atom. The number of nitrogens with one attached hydrogen (secondary N) is 1. The third-order valence-corrected chi connectivity index (χ3v) is 6.76. The van der Waals surface area contributed by atoms with Gasteiger partial charge in [-0.25, -0.2) is 13.8 Å². The molecule has 4 aromatic rings. The standard InChI is InChI=1S/C24H19F2N3O2S2/c1-14(22(30)27-19-9-5-6-10-21(19)32-2)33-24-28-18-8-4-3-7-16(18)23(31)29(24)20-12-11-15(25)13-17(20)26/h3-14H,1-2H3,(H,27,30). The van der Waals surface area contributed by atoms with E-state index in [9.17, 15) is 18.4 Å². The molecule has 0 aliphatic rings. The number of aromatic nitrogens is 2. The highest BCUT2D eigenvalue weighted by molar-refractivity contribution is 8.00. The molecule has 0 radical (unpaired) electrons. The molecule has 1 heterocycles. The highest BCUT2D eigenvalue weighted by Gasteiger charge is 2.22. The number of hydrogen-bond donors (Lipinski definition) is 1. The molecule has 168 valence electrons. The van der Waals surface area contributed by atoms with Crippen LogP contribution in [0.1, 0.15) is 6.92 Å². The summed E-state index contributed by atoms with van der Waals surface area (Å²) < 4.78 is 29.2. The van der Waals surface area contributed by atoms with Gasteiger partial charge in [-0.2, -0.15) is 0 Å². The van der Waals surface area contributed by atoms with E-state index in [2.05, 4.69) is 10.3 Å². The maximum Gasteiger partial charge on any atom is 0.266 e. The Hall–Kier alpha value is -3.17. The molecule has 0 fully saturated rings. The lowest BCUT2D eigenvalue weighted by atomic mass is 10.2. The first-order valence-corrected chi connectivity index (χ1v) is 12.1. The number of benzene rings is 3. The lowest BCUT2D eigenvalue weighted by molar-refractivity contribution is -0.115. The Morgan fingerprint density at radius 1 is 1.06 bits per heavy atom. The first-order valence-electron chi connectivity index (χ1n) is 9.97. The third kappa shape index (κ3) is 4.79. The van der Waals surface area contributed by atoms with Crippen molar-refractivity contribution in [3.8, 4) is 5.69 Å². The van der Waals surface area contributed by atoms with Gasteiger partial charge in [0, 0.05) is 11.0 Å². The number of nitrogens with zero attached hydrogens (tertiary/aromatic N) is 2. The van der Waals surface area contributed by atoms with Gasteiger partial charge in [0.05, 0.1) is 27.5 Å². The fourth-order valence-corrected chi connectivity index (χ4v) is 4.73. The lowest BCUT2D eigenvalue weighted by Gasteiger charge is -2.17. The Morgan fingerprint density at radius 3 is 2.55 bits per heavy atom. The van der Waals surface area contributed by atoms with Gasteiger partial charge in [0.1, 0.15) is 11.6 Å². The number of fused-ring (bicyclic) bond motifs is 1. The third-order valence-electron chi connectivity index (χ3n) is 4.91. The molecule has 33 heavy (non-hydrogen) atoms. The molecule has 1 atom stereocenters. The summed E-state index contributed by atoms with van der Waals surface area (Å²) in [4.78, 5) is 31.6. The molecule has 0 saturated carbocycles. The van der Waals surface area contributed by atoms with Crippen LogP contribution in [0.2, 0.25) is 0 Å². The van der Waals surface area contributed by atoms with E-state index in [0.29, 0.717) is 17.3 Å². The number of halogens is 2. The number of amides is 1. The molecule has 0 aliphatic heterocycles. The predicted molar refractivity (Wildman–Crippen MR) is 129 cm³/mol. The van der Waals surface area contributed by atoms with E-state index in [4.69, 9.17) is 0 Å². The summed E-state index contributed by atoms with van der Waals surface area (Å²) in [5.41, 5.74) is 0.455. The minimum atomic E-state index is -0.901. The van der Waals surface area contributed by atoms with Crippen molar-refractivity contribution in [1.82, 2.24) is 9.55 Å². The summed E-state index contributed by atoms with van der Waals surface area (Å²) in [6.45, 7) is 1.68. The highest BCUT2D eigenvalue weighted by atomic mass is 32.2. The second-order valence-electron chi connectivity index (χ2n) is 7.10. The van der Waals surface area contributed by atoms with Crippen molar-refractivity contribution in [2.24, 2.45) is 0 Å². The average Bonchev–Trinajstić information content (AvgIpc) is 2.80. The first-order chi connectivity index (χ1) is 15.9. The number of anilines is 1. The van der Waals surface area contributed by atoms with E-state index >= 15 is 0 Å². The number of carbonyl (C=O) groups excluding carboxylic acids is 1. The molecule has 3 aromatic carbocycles. The zero-order valence-corrected chi connectivity index (χ0v) is 19.3. The molecule has 0 spiro atoms. The maximum atomic E-state index is 14.6. The number of rotatable bonds is 6. The molecule has 0 saturated heterocycles. The molecule has 1 N–H and O–H groups in total. The van der Waals surface area contributed by atoms with Gasteiger partial charge in [0.2, 0.25) is 5.91 Å². The molecular weight excluding hydrogens is 464 g/mol. The average molecular weight is 484 g/mol. The van der Waals surface area contributed by atoms with Gasteiger partial charge in [0.15, 0.2) is 5.16 Å². The van der Waals surface area contributed by atoms with Gasteiger partial charge >= 0.3 is 0 Å². The zero-order valence-electron chi connectivity index (χ0n) is 17.7. The van der Waals surface area contributed by atoms with Gasteiger partial charge in [-0.3, -0.25) is 14.2 Å². The van der Waals surface area contributed by atoms with Gasteiger partial charge in [-0.15, -0.1) is 11.8 Å². The summed E-state index contributed by atoms with van der Waals surface area (Å²) in [6, 6.07) is 17.1. The summed E-state index contributed by atoms with van der Waals surface area (Å²) in [6.07, 6.45) is 1.91. The van der Waals surface area contributed by atoms with Crippen molar-refractivity contribution in [2.75, 3.05) is 11.6 Å². The quantitative estimate of drug-likeness (QED) is 0.290. The fraction of sp³-hybridized carbons (Fsp3) is 0.125. The lowest BCUT2D eigenvalue weighted by Crippen LogP contribution is -2.27. The zero-order chi connectivity index (χ0) is 23.5. The van der Waals surface area contributed by atoms with E-state index in [1.165, 1.54) is 17.8 Å². The van der Waals surface area contributed by atoms with Gasteiger partial charge < -0.3 is 5.32 Å². The Balaban J connectivity index is 1.75. The Labute approximate surface area is 197 Å². The second-order valence-corrected chi connectivity index (χ2v) is 9.25. The van der Waals surface area contributed by atoms with Crippen LogP contribution in [0.15, 0.2) is 81.6 Å². The maximum absolute atomic E-state index is 14.6. The van der Waals surface area contributed by atoms with E-state index in [1.807, 2.05) is 24.5 Å². The van der Waals surface area contributed by atoms with E-state index < -0.39 is 22.4 Å². The molecule has 0 aliphatic carbocycles. The minimum Gasteiger partial charge on any atom is -0.324 e. The van der Waals surface area contributed by atoms with Crippen molar-refractivity contribution >= 4 is 46.0 Å². The largest absolute Gasteiger partial charge is 0.324 e. The summed E-state index contributed by atoms with van der Waals surface area (Å²) >= 11 is 2.53. The Bertz CT molecular complexity index is 1410. The fourth-order valence-electron chi connectivity index (χ4n) is 3.26. The van der Waals surface area contributed by atoms with Crippen LogP contribution in [0.3, 0.4) is 0 Å². The molecule has 1 amide bonds. The molecule has 1 unspecified atom stereocenters. The van der Waals surface area contributed by atoms with E-state index in [1.54, 1.807) is 37.3 Å². The van der Waals surface area contributed by atoms with E-state index in [0.717, 1.165) is 27.3 Å². The van der Waals surface area contributed by atoms with Crippen molar-refractivity contribution < 1.29 is 13.6 Å². The van der Waals surface area contributed by atoms with Crippen molar-refractivity contribution in [3.05, 3.63) is 88.7 Å². The van der Waals surface area contributed by atoms with Crippen LogP contribution in [0.5, 0.6) is 0 Å². The predicted octanol–water partition coefficient (Wildman–Crippen LogP) is 5.51. The normalized spacial score (nSPS) is 12.0. The van der Waals surface area contributed by atoms with Crippen LogP contribution in [-0.4, -0.2) is 27.0 Å². The molecular formula is C24H19F2N3O2S2. The number of hydrogen-bond acceptors (Lipinski definition) is 5. The van der Waals surface area contributed by atoms with Crippen LogP contribution in [0, 0.1) is 11.6 Å². The topological polar surface area (TPSA) is 64.0 Å². The molecule has 5 nitrogen and oxygen atoms in total. The van der Waals surface area contributed by atoms with Crippen LogP contribution in [-0.2, 0) is 4.79 Å². The van der Waals surface area contributed by atoms with Crippen LogP contribution in [0.25, 0.3) is 16.6 Å². The van der Waals surface area contributed by atoms with Crippen LogP contribution >= 0.6 is 23.5 Å². The minimum absolute atomic E-state index is 0.130. The van der Waals surface area contributed by atoms with Crippen molar-refractivity contribution in [2.45, 2.75) is 22.2 Å². The van der Waals surface area contributed by atoms with Crippen LogP contribution < -0.4 is 10.9 Å². The molecule has 4 rings (SSSR count). The highest BCUT2D eigenvalue weighted by Crippen LogP contribution is 2.29. The Kier molecular flexibility index (Phi) is 6.80. The molecule has 0 bridgehead atoms. The SMILES string of the molecule is CSc1ccccc1NC(=O)C(C)Sc1nc2ccccc2c(=O)n1-c1ccc(F)cc1F. The number of para-hydroxylation sites is 2. The monoisotopic (exact) mass is 483 g/mol. The first kappa shape index (κ1) is 23.0. The summed E-state index contributed by atoms with van der Waals surface area (Å²) in [5.74, 6) is -1.95. The molecule has 9 heteroatoms. The van der Waals surface area contributed by atoms with Gasteiger partial charge in [-0.05, 0) is 49.6 Å².